The van der Waals surface area contributed by atoms with Crippen molar-refractivity contribution in [3.63, 3.8) is 0 Å². The van der Waals surface area contributed by atoms with E-state index in [1.54, 1.807) is 4.68 Å². The first kappa shape index (κ1) is 16.5. The van der Waals surface area contributed by atoms with Gasteiger partial charge < -0.3 is 5.32 Å². The molecule has 10 heteroatoms. The minimum Gasteiger partial charge on any atom is -0.347 e. The molecule has 0 saturated carbocycles. The second kappa shape index (κ2) is 7.52. The van der Waals surface area contributed by atoms with E-state index in [9.17, 15) is 4.79 Å². The fourth-order valence-corrected chi connectivity index (χ4v) is 2.69. The molecule has 134 valence electrons. The van der Waals surface area contributed by atoms with E-state index in [0.717, 1.165) is 11.3 Å². The number of amides is 1. The van der Waals surface area contributed by atoms with E-state index >= 15 is 0 Å². The van der Waals surface area contributed by atoms with Crippen LogP contribution < -0.4 is 5.32 Å². The summed E-state index contributed by atoms with van der Waals surface area (Å²) < 4.78 is 2.99. The fourth-order valence-electron chi connectivity index (χ4n) is 2.69. The molecule has 1 N–H and O–H groups in total. The van der Waals surface area contributed by atoms with Crippen molar-refractivity contribution in [1.82, 2.24) is 45.7 Å². The van der Waals surface area contributed by atoms with Crippen LogP contribution in [-0.4, -0.2) is 46.3 Å². The Balaban J connectivity index is 1.54. The molecular formula is C17H15N9O. The Morgan fingerprint density at radius 3 is 2.41 bits per heavy atom. The summed E-state index contributed by atoms with van der Waals surface area (Å²) in [5.74, 6) is 0.245. The molecule has 0 aliphatic heterocycles. The lowest BCUT2D eigenvalue weighted by molar-refractivity contribution is -0.123. The monoisotopic (exact) mass is 361 g/mol. The number of nitrogens with zero attached hydrogens (tertiary/aromatic N) is 8. The molecular weight excluding hydrogens is 346 g/mol. The van der Waals surface area contributed by atoms with Crippen LogP contribution in [0.25, 0.3) is 5.69 Å². The van der Waals surface area contributed by atoms with E-state index in [-0.39, 0.29) is 12.5 Å². The van der Waals surface area contributed by atoms with Gasteiger partial charge in [-0.1, -0.05) is 48.5 Å². The molecule has 0 bridgehead atoms. The summed E-state index contributed by atoms with van der Waals surface area (Å²) in [5.41, 5.74) is 1.58. The minimum absolute atomic E-state index is 0.159. The lowest BCUT2D eigenvalue weighted by Crippen LogP contribution is -2.34. The second-order valence-electron chi connectivity index (χ2n) is 5.66. The fraction of sp³-hybridized carbons (Fsp3) is 0.118. The highest BCUT2D eigenvalue weighted by Gasteiger charge is 2.24. The summed E-state index contributed by atoms with van der Waals surface area (Å²) in [5, 5.41) is 25.7. The molecule has 0 saturated heterocycles. The van der Waals surface area contributed by atoms with Gasteiger partial charge in [0.1, 0.15) is 6.33 Å². The van der Waals surface area contributed by atoms with Crippen LogP contribution in [0.4, 0.5) is 0 Å². The van der Waals surface area contributed by atoms with Gasteiger partial charge in [-0.25, -0.2) is 4.68 Å². The van der Waals surface area contributed by atoms with Crippen molar-refractivity contribution in [3.8, 4) is 5.69 Å². The van der Waals surface area contributed by atoms with E-state index in [1.807, 2.05) is 60.7 Å². The van der Waals surface area contributed by atoms with Gasteiger partial charge in [-0.15, -0.1) is 10.2 Å². The highest BCUT2D eigenvalue weighted by Crippen LogP contribution is 2.17. The van der Waals surface area contributed by atoms with Crippen LogP contribution in [0.3, 0.4) is 0 Å². The Bertz CT molecular complexity index is 999. The van der Waals surface area contributed by atoms with Crippen LogP contribution in [0.2, 0.25) is 0 Å². The van der Waals surface area contributed by atoms with Crippen molar-refractivity contribution in [1.29, 1.82) is 0 Å². The maximum absolute atomic E-state index is 12.9. The van der Waals surface area contributed by atoms with Gasteiger partial charge in [0, 0.05) is 0 Å². The third-order valence-corrected chi connectivity index (χ3v) is 3.95. The molecule has 0 aliphatic carbocycles. The average Bonchev–Trinajstić information content (AvgIpc) is 3.40. The maximum Gasteiger partial charge on any atom is 0.249 e. The molecule has 0 fully saturated rings. The normalized spacial score (nSPS) is 11.9. The Morgan fingerprint density at radius 1 is 0.963 bits per heavy atom. The molecule has 1 amide bonds. The molecule has 10 nitrogen and oxygen atoms in total. The lowest BCUT2D eigenvalue weighted by atomic mass is 10.1. The molecule has 4 rings (SSSR count). The van der Waals surface area contributed by atoms with Gasteiger partial charge in [-0.3, -0.25) is 4.79 Å². The molecule has 1 atom stereocenters. The van der Waals surface area contributed by atoms with Crippen molar-refractivity contribution in [2.75, 3.05) is 0 Å². The zero-order valence-corrected chi connectivity index (χ0v) is 14.1. The average molecular weight is 361 g/mol. The van der Waals surface area contributed by atoms with Crippen LogP contribution in [-0.2, 0) is 11.3 Å². The molecule has 4 aromatic rings. The zero-order valence-electron chi connectivity index (χ0n) is 14.1. The molecule has 27 heavy (non-hydrogen) atoms. The van der Waals surface area contributed by atoms with Crippen molar-refractivity contribution in [3.05, 3.63) is 78.4 Å². The van der Waals surface area contributed by atoms with E-state index in [0.29, 0.717) is 5.82 Å². The summed E-state index contributed by atoms with van der Waals surface area (Å²) in [6, 6.07) is 18.1. The van der Waals surface area contributed by atoms with E-state index in [2.05, 4.69) is 36.4 Å². The predicted octanol–water partition coefficient (Wildman–Crippen LogP) is 0.555. The number of carbonyl (C=O) groups excluding carboxylic acids is 1. The van der Waals surface area contributed by atoms with E-state index in [1.165, 1.54) is 11.0 Å². The summed E-state index contributed by atoms with van der Waals surface area (Å²) in [4.78, 5) is 12.9. The topological polar surface area (TPSA) is 116 Å². The number of benzene rings is 2. The Hall–Kier alpha value is -3.95. The molecule has 0 spiro atoms. The van der Waals surface area contributed by atoms with Crippen LogP contribution in [0, 0.1) is 0 Å². The highest BCUT2D eigenvalue weighted by molar-refractivity contribution is 5.83. The van der Waals surface area contributed by atoms with Gasteiger partial charge >= 0.3 is 0 Å². The summed E-state index contributed by atoms with van der Waals surface area (Å²) in [6.45, 7) is 0.159. The molecule has 2 aromatic carbocycles. The molecule has 0 radical (unpaired) electrons. The van der Waals surface area contributed by atoms with Gasteiger partial charge in [0.25, 0.3) is 0 Å². The molecule has 2 heterocycles. The number of aromatic nitrogens is 8. The summed E-state index contributed by atoms with van der Waals surface area (Å²) >= 11 is 0. The number of rotatable bonds is 6. The summed E-state index contributed by atoms with van der Waals surface area (Å²) in [6.07, 6.45) is 1.41. The van der Waals surface area contributed by atoms with Crippen LogP contribution in [0.1, 0.15) is 17.4 Å². The zero-order chi connectivity index (χ0) is 18.5. The van der Waals surface area contributed by atoms with E-state index < -0.39 is 6.04 Å². The SMILES string of the molecule is O=C(NCc1nnnn1-c1ccccc1)C(c1ccccc1)n1cnnn1. The van der Waals surface area contributed by atoms with Crippen LogP contribution >= 0.6 is 0 Å². The number of para-hydroxylation sites is 1. The smallest absolute Gasteiger partial charge is 0.249 e. The Morgan fingerprint density at radius 2 is 1.70 bits per heavy atom. The second-order valence-corrected chi connectivity index (χ2v) is 5.66. The number of nitrogens with one attached hydrogen (secondary N) is 1. The van der Waals surface area contributed by atoms with Gasteiger partial charge in [0.05, 0.1) is 12.2 Å². The van der Waals surface area contributed by atoms with Crippen LogP contribution in [0.15, 0.2) is 67.0 Å². The molecule has 2 aromatic heterocycles. The maximum atomic E-state index is 12.9. The third kappa shape index (κ3) is 3.54. The predicted molar refractivity (Wildman–Crippen MR) is 93.4 cm³/mol. The standard InChI is InChI=1S/C17H15N9O/c27-17(16(25-12-19-21-23-25)13-7-3-1-4-8-13)18-11-15-20-22-24-26(15)14-9-5-2-6-10-14/h1-10,12,16H,11H2,(H,18,27). The minimum atomic E-state index is -0.692. The Labute approximate surface area is 153 Å². The third-order valence-electron chi connectivity index (χ3n) is 3.95. The van der Waals surface area contributed by atoms with Crippen LogP contribution in [0.5, 0.6) is 0 Å². The number of hydrogen-bond donors (Lipinski definition) is 1. The van der Waals surface area contributed by atoms with E-state index in [4.69, 9.17) is 0 Å². The first-order valence-corrected chi connectivity index (χ1v) is 8.21. The summed E-state index contributed by atoms with van der Waals surface area (Å²) in [7, 11) is 0. The highest BCUT2D eigenvalue weighted by atomic mass is 16.2. The quantitative estimate of drug-likeness (QED) is 0.533. The molecule has 1 unspecified atom stereocenters. The lowest BCUT2D eigenvalue weighted by Gasteiger charge is -2.16. The first-order chi connectivity index (χ1) is 13.3. The van der Waals surface area contributed by atoms with Crippen molar-refractivity contribution in [2.24, 2.45) is 0 Å². The number of hydrogen-bond acceptors (Lipinski definition) is 7. The Kier molecular flexibility index (Phi) is 4.60. The number of tetrazole rings is 2. The first-order valence-electron chi connectivity index (χ1n) is 8.21. The van der Waals surface area contributed by atoms with Crippen molar-refractivity contribution >= 4 is 5.91 Å². The number of carbonyl (C=O) groups is 1. The van der Waals surface area contributed by atoms with Crippen molar-refractivity contribution in [2.45, 2.75) is 12.6 Å². The van der Waals surface area contributed by atoms with Gasteiger partial charge in [0.15, 0.2) is 11.9 Å². The van der Waals surface area contributed by atoms with Gasteiger partial charge in [-0.05, 0) is 38.5 Å². The van der Waals surface area contributed by atoms with Crippen molar-refractivity contribution < 1.29 is 4.79 Å². The van der Waals surface area contributed by atoms with Gasteiger partial charge in [-0.2, -0.15) is 4.68 Å². The molecule has 0 aliphatic rings. The van der Waals surface area contributed by atoms with Gasteiger partial charge in [0.2, 0.25) is 5.91 Å². The largest absolute Gasteiger partial charge is 0.347 e.